The smallest absolute Gasteiger partial charge is 0.410 e. The van der Waals surface area contributed by atoms with Gasteiger partial charge in [-0.05, 0) is 143 Å². The second-order valence-corrected chi connectivity index (χ2v) is 25.0. The number of carbonyl (C=O) groups excluding carboxylic acids is 4. The summed E-state index contributed by atoms with van der Waals surface area (Å²) < 4.78 is 56.4. The molecule has 2 bridgehead atoms. The number of ether oxygens (including phenoxy) is 4. The number of hydrogen-bond donors (Lipinski definition) is 1. The molecule has 0 radical (unpaired) electrons. The van der Waals surface area contributed by atoms with Crippen molar-refractivity contribution in [1.82, 2.24) is 34.9 Å². The minimum Gasteiger partial charge on any atom is -0.468 e. The molecule has 5 aromatic rings. The molecule has 6 fully saturated rings. The van der Waals surface area contributed by atoms with Crippen molar-refractivity contribution in [3.8, 4) is 35.2 Å². The van der Waals surface area contributed by atoms with Crippen LogP contribution in [0.4, 0.5) is 29.9 Å². The number of aromatic nitrogens is 2. The predicted molar refractivity (Wildman–Crippen MR) is 314 cm³/mol. The molecule has 1 spiro atoms. The third-order valence-electron chi connectivity index (χ3n) is 18.1. The largest absolute Gasteiger partial charge is 0.468 e. The molecule has 83 heavy (non-hydrogen) atoms. The number of piperidine rings is 1. The van der Waals surface area contributed by atoms with Gasteiger partial charge in [0.05, 0.1) is 24.3 Å². The normalized spacial score (nSPS) is 21.1. The lowest BCUT2D eigenvalue weighted by Crippen LogP contribution is -2.57. The number of terminal acetylenes is 1. The number of urea groups is 1. The van der Waals surface area contributed by atoms with E-state index in [1.165, 1.54) is 38.9 Å². The van der Waals surface area contributed by atoms with Crippen LogP contribution in [0.15, 0.2) is 54.6 Å². The number of rotatable bonds is 14. The Morgan fingerprint density at radius 2 is 1.58 bits per heavy atom. The van der Waals surface area contributed by atoms with Gasteiger partial charge in [-0.15, -0.1) is 6.42 Å². The zero-order valence-electron chi connectivity index (χ0n) is 48.7. The van der Waals surface area contributed by atoms with E-state index in [0.717, 1.165) is 83.6 Å². The highest BCUT2D eigenvalue weighted by molar-refractivity contribution is 6.07. The second-order valence-electron chi connectivity index (χ2n) is 25.0. The van der Waals surface area contributed by atoms with E-state index in [9.17, 15) is 19.2 Å². The van der Waals surface area contributed by atoms with E-state index in [2.05, 4.69) is 32.9 Å². The number of imide groups is 1. The molecule has 17 nitrogen and oxygen atoms in total. The van der Waals surface area contributed by atoms with Crippen molar-refractivity contribution in [1.29, 1.82) is 0 Å². The van der Waals surface area contributed by atoms with Crippen LogP contribution in [0.1, 0.15) is 107 Å². The summed E-state index contributed by atoms with van der Waals surface area (Å²) in [6.45, 7) is 18.3. The van der Waals surface area contributed by atoms with Crippen LogP contribution in [0.2, 0.25) is 0 Å². The number of halogens is 2. The first-order valence-corrected chi connectivity index (χ1v) is 29.6. The monoisotopic (exact) mass is 1140 g/mol. The maximum Gasteiger partial charge on any atom is 0.410 e. The molecule has 5 saturated heterocycles. The molecule has 1 aliphatic carbocycles. The maximum atomic E-state index is 17.7. The Morgan fingerprint density at radius 3 is 2.27 bits per heavy atom. The number of methoxy groups -OCH3 is 1. The average molecular weight is 1140 g/mol. The van der Waals surface area contributed by atoms with Gasteiger partial charge in [-0.3, -0.25) is 24.7 Å². The van der Waals surface area contributed by atoms with Gasteiger partial charge in [0.15, 0.2) is 12.6 Å². The first-order valence-electron chi connectivity index (χ1n) is 29.6. The van der Waals surface area contributed by atoms with Crippen molar-refractivity contribution in [2.24, 2.45) is 17.3 Å². The lowest BCUT2D eigenvalue weighted by molar-refractivity contribution is -0.120. The fraction of sp³-hybridized carbons (Fsp3) is 0.531. The average Bonchev–Trinajstić information content (AvgIpc) is 2.88. The highest BCUT2D eigenvalue weighted by Gasteiger charge is 2.46. The molecule has 6 heterocycles. The minimum absolute atomic E-state index is 0.00410. The summed E-state index contributed by atoms with van der Waals surface area (Å²) >= 11 is 0. The summed E-state index contributed by atoms with van der Waals surface area (Å²) in [5.74, 6) is 2.56. The third kappa shape index (κ3) is 12.3. The molecular weight excluding hydrogens is 1060 g/mol. The molecule has 1 aromatic heterocycles. The van der Waals surface area contributed by atoms with Crippen molar-refractivity contribution in [3.05, 3.63) is 82.9 Å². The lowest BCUT2D eigenvalue weighted by Gasteiger charge is -2.47. The van der Waals surface area contributed by atoms with E-state index in [1.807, 2.05) is 49.6 Å². The van der Waals surface area contributed by atoms with Crippen LogP contribution in [0.3, 0.4) is 0 Å². The Labute approximate surface area is 484 Å². The van der Waals surface area contributed by atoms with E-state index in [0.29, 0.717) is 76.7 Å². The van der Waals surface area contributed by atoms with Gasteiger partial charge in [0, 0.05) is 119 Å². The van der Waals surface area contributed by atoms with Gasteiger partial charge in [-0.1, -0.05) is 31.0 Å². The number of fused-ring (bicyclic) bond motifs is 4. The third-order valence-corrected chi connectivity index (χ3v) is 18.1. The maximum absolute atomic E-state index is 17.7. The predicted octanol–water partition coefficient (Wildman–Crippen LogP) is 9.78. The number of likely N-dealkylation sites (tertiary alicyclic amines) is 1. The molecule has 6 aliphatic rings. The Morgan fingerprint density at radius 1 is 0.855 bits per heavy atom. The van der Waals surface area contributed by atoms with E-state index in [-0.39, 0.29) is 77.2 Å². The number of aryl methyl sites for hydroxylation is 1. The summed E-state index contributed by atoms with van der Waals surface area (Å²) in [7, 11) is 1.50. The van der Waals surface area contributed by atoms with Crippen molar-refractivity contribution >= 4 is 57.1 Å². The SMILES string of the molecule is C#Cc1c(F)ccc2cc(OCOC)cc(-c3ccc4c(N5CC6CCC(C5)N6C(=O)OC(C)(C)C)nc(OC[C@H](C)CN5CCN(CC6CCC7(CC6)CCN(C(=O)c6ccc(C)c(N8CCC(=O)NC8=O)c6)CC7)CC5)nc4c3F)c12. The van der Waals surface area contributed by atoms with Gasteiger partial charge in [0.1, 0.15) is 28.5 Å². The van der Waals surface area contributed by atoms with Crippen molar-refractivity contribution in [3.63, 3.8) is 0 Å². The highest BCUT2D eigenvalue weighted by atomic mass is 19.1. The fourth-order valence-electron chi connectivity index (χ4n) is 13.7. The zero-order chi connectivity index (χ0) is 58.3. The standard InChI is InChI=1S/C64H77F2N9O8/c1-8-48-52(65)16-11-43-31-47(82-39-80-7)33-51(55(43)48)49-14-15-50-57(56(49)66)68-60(69-58(50)73-36-45-12-13-46(37-73)75(45)62(79)83-63(4,5)6)81-38-40(2)34-70-27-29-71(30-28-70)35-42-17-20-64(21-18-42)22-25-72(26-23-64)59(77)44-10-9-41(3)53(32-44)74-24-19-54(76)67-61(74)78/h1,9-11,14-16,31-33,40,42,45-46H,12-13,17-30,34-39H2,2-7H3,(H,67,76,78)/t40-,45?,46?/m1/s1. The molecule has 440 valence electrons. The number of nitrogens with zero attached hydrogens (tertiary/aromatic N) is 8. The summed E-state index contributed by atoms with van der Waals surface area (Å²) in [5.41, 5.74) is 2.25. The van der Waals surface area contributed by atoms with Gasteiger partial charge >= 0.3 is 18.1 Å². The number of carbonyl (C=O) groups is 4. The van der Waals surface area contributed by atoms with E-state index in [1.54, 1.807) is 41.3 Å². The molecule has 11 rings (SSSR count). The summed E-state index contributed by atoms with van der Waals surface area (Å²) in [6, 6.07) is 14.5. The van der Waals surface area contributed by atoms with Crippen LogP contribution in [0.5, 0.6) is 11.8 Å². The van der Waals surface area contributed by atoms with Crippen LogP contribution in [0, 0.1) is 48.2 Å². The molecule has 3 atom stereocenters. The van der Waals surface area contributed by atoms with Crippen LogP contribution >= 0.6 is 0 Å². The molecule has 2 unspecified atom stereocenters. The quantitative estimate of drug-likeness (QED) is 0.0827. The molecular formula is C64H77F2N9O8. The van der Waals surface area contributed by atoms with E-state index >= 15 is 8.78 Å². The number of nitrogens with one attached hydrogen (secondary N) is 1. The molecule has 5 aliphatic heterocycles. The number of hydrogen-bond acceptors (Lipinski definition) is 13. The topological polar surface area (TPSA) is 162 Å². The van der Waals surface area contributed by atoms with Gasteiger partial charge in [0.25, 0.3) is 5.91 Å². The fourth-order valence-corrected chi connectivity index (χ4v) is 13.7. The number of benzene rings is 4. The summed E-state index contributed by atoms with van der Waals surface area (Å²) in [6.07, 6.45) is 14.1. The molecule has 19 heteroatoms. The van der Waals surface area contributed by atoms with Gasteiger partial charge < -0.3 is 38.5 Å². The van der Waals surface area contributed by atoms with Crippen LogP contribution < -0.4 is 24.6 Å². The Bertz CT molecular complexity index is 3320. The number of amides is 5. The zero-order valence-corrected chi connectivity index (χ0v) is 48.7. The summed E-state index contributed by atoms with van der Waals surface area (Å²) in [5, 5.41) is 3.79. The highest BCUT2D eigenvalue weighted by Crippen LogP contribution is 2.47. The molecule has 1 N–H and O–H groups in total. The number of piperazine rings is 2. The van der Waals surface area contributed by atoms with Crippen molar-refractivity contribution in [2.45, 2.75) is 110 Å². The molecule has 5 amide bonds. The van der Waals surface area contributed by atoms with Crippen LogP contribution in [-0.4, -0.2) is 164 Å². The van der Waals surface area contributed by atoms with E-state index < -0.39 is 23.3 Å². The molecule has 4 aromatic carbocycles. The minimum atomic E-state index is -0.653. The van der Waals surface area contributed by atoms with Crippen molar-refractivity contribution < 1.29 is 46.9 Å². The summed E-state index contributed by atoms with van der Waals surface area (Å²) in [4.78, 5) is 74.1. The van der Waals surface area contributed by atoms with Gasteiger partial charge in [-0.25, -0.2) is 18.4 Å². The Balaban J connectivity index is 0.721. The second kappa shape index (κ2) is 23.8. The van der Waals surface area contributed by atoms with Gasteiger partial charge in [-0.2, -0.15) is 9.97 Å². The van der Waals surface area contributed by atoms with Crippen LogP contribution in [0.25, 0.3) is 32.8 Å². The van der Waals surface area contributed by atoms with Gasteiger partial charge in [0.2, 0.25) is 5.91 Å². The Kier molecular flexibility index (Phi) is 16.6. The Hall–Kier alpha value is -7.14. The van der Waals surface area contributed by atoms with E-state index in [4.69, 9.17) is 35.3 Å². The first kappa shape index (κ1) is 57.7. The number of anilines is 2. The molecule has 1 saturated carbocycles. The lowest BCUT2D eigenvalue weighted by atomic mass is 9.65. The van der Waals surface area contributed by atoms with Crippen molar-refractivity contribution in [2.75, 3.05) is 102 Å². The van der Waals surface area contributed by atoms with Crippen LogP contribution in [-0.2, 0) is 14.3 Å². The first-order chi connectivity index (χ1) is 39.9.